The van der Waals surface area contributed by atoms with E-state index < -0.39 is 0 Å². The zero-order valence-electron chi connectivity index (χ0n) is 8.65. The van der Waals surface area contributed by atoms with Crippen LogP contribution < -0.4 is 5.32 Å². The molecule has 17 heavy (non-hydrogen) atoms. The van der Waals surface area contributed by atoms with Crippen LogP contribution in [0.5, 0.6) is 0 Å². The number of rotatable bonds is 2. The molecule has 0 bridgehead atoms. The third-order valence-electron chi connectivity index (χ3n) is 2.09. The molecule has 1 N–H and O–H groups in total. The lowest BCUT2D eigenvalue weighted by Crippen LogP contribution is -2.12. The minimum absolute atomic E-state index is 0.259. The molecule has 0 radical (unpaired) electrons. The number of nitrogens with zero attached hydrogens (tertiary/aromatic N) is 1. The molecule has 0 spiro atoms. The Morgan fingerprint density at radius 1 is 1.35 bits per heavy atom. The van der Waals surface area contributed by atoms with Gasteiger partial charge < -0.3 is 5.32 Å². The van der Waals surface area contributed by atoms with E-state index in [0.29, 0.717) is 10.6 Å². The summed E-state index contributed by atoms with van der Waals surface area (Å²) in [5.41, 5.74) is 1.11. The van der Waals surface area contributed by atoms with E-state index in [1.807, 2.05) is 24.3 Å². The Bertz CT molecular complexity index is 560. The van der Waals surface area contributed by atoms with Gasteiger partial charge in [-0.3, -0.25) is 9.78 Å². The highest BCUT2D eigenvalue weighted by molar-refractivity contribution is 14.1. The van der Waals surface area contributed by atoms with Crippen molar-refractivity contribution in [2.45, 2.75) is 0 Å². The summed E-state index contributed by atoms with van der Waals surface area (Å²) in [6.07, 6.45) is 3.00. The van der Waals surface area contributed by atoms with E-state index in [4.69, 9.17) is 11.6 Å². The molecule has 3 nitrogen and oxygen atoms in total. The molecule has 5 heteroatoms. The largest absolute Gasteiger partial charge is 0.322 e. The summed E-state index contributed by atoms with van der Waals surface area (Å²) in [6, 6.07) is 9.12. The molecule has 1 aromatic heterocycles. The topological polar surface area (TPSA) is 42.0 Å². The van der Waals surface area contributed by atoms with Crippen molar-refractivity contribution in [1.29, 1.82) is 0 Å². The fourth-order valence-corrected chi connectivity index (χ4v) is 2.04. The number of hydrogen-bond acceptors (Lipinski definition) is 2. The molecule has 0 saturated heterocycles. The highest BCUT2D eigenvalue weighted by Crippen LogP contribution is 2.17. The average Bonchev–Trinajstić information content (AvgIpc) is 2.29. The fraction of sp³-hybridized carbons (Fsp3) is 0. The van der Waals surface area contributed by atoms with Crippen molar-refractivity contribution in [2.24, 2.45) is 0 Å². The second kappa shape index (κ2) is 5.46. The van der Waals surface area contributed by atoms with Crippen LogP contribution in [0.3, 0.4) is 0 Å². The van der Waals surface area contributed by atoms with Gasteiger partial charge in [-0.15, -0.1) is 0 Å². The molecule has 1 amide bonds. The molecule has 2 rings (SSSR count). The van der Waals surface area contributed by atoms with Gasteiger partial charge in [0.2, 0.25) is 0 Å². The lowest BCUT2D eigenvalue weighted by atomic mass is 10.2. The lowest BCUT2D eigenvalue weighted by molar-refractivity contribution is 0.102. The number of halogens is 2. The standard InChI is InChI=1S/C12H8ClIN2O/c13-11-4-5-15-7-10(11)12(17)16-9-3-1-2-8(14)6-9/h1-7H,(H,16,17). The normalized spacial score (nSPS) is 10.0. The first-order valence-electron chi connectivity index (χ1n) is 4.83. The monoisotopic (exact) mass is 358 g/mol. The summed E-state index contributed by atoms with van der Waals surface area (Å²) < 4.78 is 1.05. The van der Waals surface area contributed by atoms with Crippen LogP contribution in [0.15, 0.2) is 42.7 Å². The van der Waals surface area contributed by atoms with Gasteiger partial charge in [-0.1, -0.05) is 17.7 Å². The molecule has 2 aromatic rings. The van der Waals surface area contributed by atoms with Crippen molar-refractivity contribution >= 4 is 45.8 Å². The maximum Gasteiger partial charge on any atom is 0.258 e. The second-order valence-electron chi connectivity index (χ2n) is 3.32. The van der Waals surface area contributed by atoms with Crippen LogP contribution in [-0.4, -0.2) is 10.9 Å². The molecular weight excluding hydrogens is 351 g/mol. The van der Waals surface area contributed by atoms with E-state index in [-0.39, 0.29) is 5.91 Å². The van der Waals surface area contributed by atoms with Gasteiger partial charge in [-0.05, 0) is 46.9 Å². The fourth-order valence-electron chi connectivity index (χ4n) is 1.31. The van der Waals surface area contributed by atoms with E-state index in [1.165, 1.54) is 6.20 Å². The molecule has 1 heterocycles. The number of carbonyl (C=O) groups is 1. The quantitative estimate of drug-likeness (QED) is 0.834. The van der Waals surface area contributed by atoms with Crippen LogP contribution in [0.4, 0.5) is 5.69 Å². The average molecular weight is 359 g/mol. The molecular formula is C12H8ClIN2O. The van der Waals surface area contributed by atoms with E-state index in [2.05, 4.69) is 32.9 Å². The van der Waals surface area contributed by atoms with Crippen LogP contribution in [0, 0.1) is 3.57 Å². The highest BCUT2D eigenvalue weighted by atomic mass is 127. The maximum absolute atomic E-state index is 11.9. The first kappa shape index (κ1) is 12.3. The number of pyridine rings is 1. The van der Waals surface area contributed by atoms with E-state index in [9.17, 15) is 4.79 Å². The predicted molar refractivity (Wildman–Crippen MR) is 76.4 cm³/mol. The van der Waals surface area contributed by atoms with Crippen molar-refractivity contribution in [3.05, 3.63) is 56.9 Å². The van der Waals surface area contributed by atoms with Crippen molar-refractivity contribution in [3.8, 4) is 0 Å². The number of carbonyl (C=O) groups excluding carboxylic acids is 1. The van der Waals surface area contributed by atoms with Gasteiger partial charge in [0.25, 0.3) is 5.91 Å². The zero-order chi connectivity index (χ0) is 12.3. The van der Waals surface area contributed by atoms with E-state index in [1.54, 1.807) is 12.3 Å². The van der Waals surface area contributed by atoms with Gasteiger partial charge in [0.05, 0.1) is 10.6 Å². The Kier molecular flexibility index (Phi) is 3.96. The first-order chi connectivity index (χ1) is 8.16. The Morgan fingerprint density at radius 2 is 2.18 bits per heavy atom. The Labute approximate surface area is 117 Å². The van der Waals surface area contributed by atoms with Crippen molar-refractivity contribution < 1.29 is 4.79 Å². The summed E-state index contributed by atoms with van der Waals surface area (Å²) in [4.78, 5) is 15.8. The Morgan fingerprint density at radius 3 is 2.88 bits per heavy atom. The van der Waals surface area contributed by atoms with Gasteiger partial charge in [0, 0.05) is 21.7 Å². The Balaban J connectivity index is 2.20. The van der Waals surface area contributed by atoms with Crippen LogP contribution in [0.25, 0.3) is 0 Å². The summed E-state index contributed by atoms with van der Waals surface area (Å²) in [6.45, 7) is 0. The highest BCUT2D eigenvalue weighted by Gasteiger charge is 2.10. The smallest absolute Gasteiger partial charge is 0.258 e. The summed E-state index contributed by atoms with van der Waals surface area (Å²) >= 11 is 8.10. The van der Waals surface area contributed by atoms with Gasteiger partial charge in [0.15, 0.2) is 0 Å². The number of anilines is 1. The molecule has 0 unspecified atom stereocenters. The number of benzene rings is 1. The Hall–Kier alpha value is -1.14. The maximum atomic E-state index is 11.9. The molecule has 1 aromatic carbocycles. The SMILES string of the molecule is O=C(Nc1cccc(I)c1)c1cnccc1Cl. The molecule has 0 aliphatic rings. The number of aromatic nitrogens is 1. The first-order valence-corrected chi connectivity index (χ1v) is 6.29. The third kappa shape index (κ3) is 3.17. The second-order valence-corrected chi connectivity index (χ2v) is 4.97. The van der Waals surface area contributed by atoms with E-state index >= 15 is 0 Å². The van der Waals surface area contributed by atoms with E-state index in [0.717, 1.165) is 9.26 Å². The van der Waals surface area contributed by atoms with Gasteiger partial charge >= 0.3 is 0 Å². The minimum atomic E-state index is -0.259. The number of nitrogens with one attached hydrogen (secondary N) is 1. The summed E-state index contributed by atoms with van der Waals surface area (Å²) in [7, 11) is 0. The summed E-state index contributed by atoms with van der Waals surface area (Å²) in [5.74, 6) is -0.259. The van der Waals surface area contributed by atoms with Crippen molar-refractivity contribution in [2.75, 3.05) is 5.32 Å². The lowest BCUT2D eigenvalue weighted by Gasteiger charge is -2.06. The van der Waals surface area contributed by atoms with Crippen molar-refractivity contribution in [1.82, 2.24) is 4.98 Å². The van der Waals surface area contributed by atoms with Gasteiger partial charge in [-0.25, -0.2) is 0 Å². The molecule has 0 fully saturated rings. The number of hydrogen-bond donors (Lipinski definition) is 1. The van der Waals surface area contributed by atoms with Crippen LogP contribution >= 0.6 is 34.2 Å². The molecule has 0 aliphatic carbocycles. The van der Waals surface area contributed by atoms with Crippen LogP contribution in [0.2, 0.25) is 5.02 Å². The van der Waals surface area contributed by atoms with Crippen molar-refractivity contribution in [3.63, 3.8) is 0 Å². The van der Waals surface area contributed by atoms with Gasteiger partial charge in [-0.2, -0.15) is 0 Å². The number of amides is 1. The third-order valence-corrected chi connectivity index (χ3v) is 3.10. The van der Waals surface area contributed by atoms with Gasteiger partial charge in [0.1, 0.15) is 0 Å². The molecule has 86 valence electrons. The van der Waals surface area contributed by atoms with Crippen LogP contribution in [0.1, 0.15) is 10.4 Å². The predicted octanol–water partition coefficient (Wildman–Crippen LogP) is 3.59. The molecule has 0 aliphatic heterocycles. The summed E-state index contributed by atoms with van der Waals surface area (Å²) in [5, 5.41) is 3.16. The minimum Gasteiger partial charge on any atom is -0.322 e. The van der Waals surface area contributed by atoms with Crippen LogP contribution in [-0.2, 0) is 0 Å². The molecule has 0 atom stereocenters. The molecule has 0 saturated carbocycles. The zero-order valence-corrected chi connectivity index (χ0v) is 11.6.